The summed E-state index contributed by atoms with van der Waals surface area (Å²) in [6, 6.07) is 14.7. The lowest BCUT2D eigenvalue weighted by atomic mass is 10.2. The molecule has 0 spiro atoms. The van der Waals surface area contributed by atoms with E-state index in [1.807, 2.05) is 30.3 Å². The second-order valence-electron chi connectivity index (χ2n) is 5.24. The van der Waals surface area contributed by atoms with Crippen LogP contribution in [-0.2, 0) is 15.7 Å². The molecule has 0 atom stereocenters. The third kappa shape index (κ3) is 4.87. The first-order valence-electron chi connectivity index (χ1n) is 7.60. The molecule has 0 unspecified atom stereocenters. The summed E-state index contributed by atoms with van der Waals surface area (Å²) in [5.41, 5.74) is 1.79. The quantitative estimate of drug-likeness (QED) is 0.523. The lowest BCUT2D eigenvalue weighted by Gasteiger charge is -2.02. The van der Waals surface area contributed by atoms with Crippen molar-refractivity contribution in [3.63, 3.8) is 0 Å². The number of para-hydroxylation sites is 1. The van der Waals surface area contributed by atoms with Crippen molar-refractivity contribution in [2.24, 2.45) is 0 Å². The van der Waals surface area contributed by atoms with Crippen molar-refractivity contribution in [1.29, 1.82) is 0 Å². The molecule has 0 aliphatic carbocycles. The standard InChI is InChI=1S/C12H12ClNO2S.C7H8O/c1-2-5-17(15,16)10-3-4-12-11(6-10)9(7-13)8-14-12;1-8-7-5-3-2-4-6-7/h2-4,6,8,14H,1,5,7H2;2-6H,1H3. The van der Waals surface area contributed by atoms with Gasteiger partial charge in [0.2, 0.25) is 0 Å². The zero-order chi connectivity index (χ0) is 18.3. The number of halogens is 1. The van der Waals surface area contributed by atoms with Crippen molar-refractivity contribution in [2.75, 3.05) is 12.9 Å². The van der Waals surface area contributed by atoms with Crippen LogP contribution in [0.5, 0.6) is 5.75 Å². The molecule has 2 aromatic carbocycles. The summed E-state index contributed by atoms with van der Waals surface area (Å²) in [5, 5.41) is 0.852. The summed E-state index contributed by atoms with van der Waals surface area (Å²) in [7, 11) is -1.62. The lowest BCUT2D eigenvalue weighted by Crippen LogP contribution is -2.04. The predicted molar refractivity (Wildman–Crippen MR) is 103 cm³/mol. The molecule has 25 heavy (non-hydrogen) atoms. The Morgan fingerprint density at radius 1 is 1.20 bits per heavy atom. The molecule has 3 aromatic rings. The molecule has 3 rings (SSSR count). The van der Waals surface area contributed by atoms with Crippen LogP contribution in [0.15, 0.2) is 72.3 Å². The van der Waals surface area contributed by atoms with Crippen LogP contribution in [0.3, 0.4) is 0 Å². The van der Waals surface area contributed by atoms with E-state index in [-0.39, 0.29) is 5.75 Å². The Balaban J connectivity index is 0.000000236. The van der Waals surface area contributed by atoms with Gasteiger partial charge >= 0.3 is 0 Å². The van der Waals surface area contributed by atoms with E-state index in [9.17, 15) is 8.42 Å². The first-order chi connectivity index (χ1) is 12.0. The molecule has 4 nitrogen and oxygen atoms in total. The third-order valence-electron chi connectivity index (χ3n) is 3.56. The molecule has 0 radical (unpaired) electrons. The summed E-state index contributed by atoms with van der Waals surface area (Å²) in [6.07, 6.45) is 3.18. The van der Waals surface area contributed by atoms with Gasteiger partial charge in [-0.1, -0.05) is 24.3 Å². The fourth-order valence-electron chi connectivity index (χ4n) is 2.27. The van der Waals surface area contributed by atoms with Crippen molar-refractivity contribution in [3.8, 4) is 5.75 Å². The molecule has 1 aromatic heterocycles. The fourth-order valence-corrected chi connectivity index (χ4v) is 3.57. The number of rotatable bonds is 5. The van der Waals surface area contributed by atoms with Gasteiger partial charge in [0.15, 0.2) is 9.84 Å². The normalized spacial score (nSPS) is 10.8. The topological polar surface area (TPSA) is 59.2 Å². The molecule has 1 N–H and O–H groups in total. The maximum atomic E-state index is 11.9. The molecule has 0 saturated heterocycles. The maximum Gasteiger partial charge on any atom is 0.181 e. The van der Waals surface area contributed by atoms with Crippen molar-refractivity contribution in [2.45, 2.75) is 10.8 Å². The average molecular weight is 378 g/mol. The van der Waals surface area contributed by atoms with Crippen molar-refractivity contribution < 1.29 is 13.2 Å². The summed E-state index contributed by atoms with van der Waals surface area (Å²) in [4.78, 5) is 3.35. The Kier molecular flexibility index (Phi) is 6.67. The van der Waals surface area contributed by atoms with Gasteiger partial charge in [-0.2, -0.15) is 0 Å². The highest BCUT2D eigenvalue weighted by Gasteiger charge is 2.14. The van der Waals surface area contributed by atoms with E-state index in [2.05, 4.69) is 11.6 Å². The molecule has 132 valence electrons. The minimum absolute atomic E-state index is 0.0564. The van der Waals surface area contributed by atoms with E-state index in [4.69, 9.17) is 16.3 Å². The van der Waals surface area contributed by atoms with Crippen LogP contribution in [0.2, 0.25) is 0 Å². The van der Waals surface area contributed by atoms with E-state index in [1.165, 1.54) is 6.08 Å². The second kappa shape index (κ2) is 8.74. The van der Waals surface area contributed by atoms with E-state index >= 15 is 0 Å². The molecule has 0 saturated carbocycles. The lowest BCUT2D eigenvalue weighted by molar-refractivity contribution is 0.415. The zero-order valence-electron chi connectivity index (χ0n) is 13.9. The SMILES string of the molecule is C=CCS(=O)(=O)c1ccc2[nH]cc(CCl)c2c1.COc1ccccc1. The first-order valence-corrected chi connectivity index (χ1v) is 9.79. The number of methoxy groups -OCH3 is 1. The highest BCUT2D eigenvalue weighted by atomic mass is 35.5. The molecule has 0 aliphatic heterocycles. The van der Waals surface area contributed by atoms with Gasteiger partial charge in [-0.25, -0.2) is 8.42 Å². The summed E-state index contributed by atoms with van der Waals surface area (Å²) in [5.74, 6) is 1.21. The number of benzene rings is 2. The fraction of sp³-hybridized carbons (Fsp3) is 0.158. The van der Waals surface area contributed by atoms with E-state index in [1.54, 1.807) is 31.5 Å². The molecule has 6 heteroatoms. The summed E-state index contributed by atoms with van der Waals surface area (Å²) >= 11 is 5.79. The van der Waals surface area contributed by atoms with Crippen LogP contribution in [-0.4, -0.2) is 26.3 Å². The third-order valence-corrected chi connectivity index (χ3v) is 5.49. The van der Waals surface area contributed by atoms with Gasteiger partial charge in [-0.05, 0) is 35.9 Å². The van der Waals surface area contributed by atoms with Crippen LogP contribution in [0.4, 0.5) is 0 Å². The smallest absolute Gasteiger partial charge is 0.181 e. The molecular weight excluding hydrogens is 358 g/mol. The minimum Gasteiger partial charge on any atom is -0.497 e. The van der Waals surface area contributed by atoms with E-state index < -0.39 is 9.84 Å². The van der Waals surface area contributed by atoms with Crippen LogP contribution in [0, 0.1) is 0 Å². The Hall–Kier alpha value is -2.24. The number of aromatic amines is 1. The molecular formula is C19H20ClNO3S. The van der Waals surface area contributed by atoms with Crippen molar-refractivity contribution in [1.82, 2.24) is 4.98 Å². The molecule has 0 bridgehead atoms. The highest BCUT2D eigenvalue weighted by Crippen LogP contribution is 2.24. The largest absolute Gasteiger partial charge is 0.497 e. The maximum absolute atomic E-state index is 11.9. The van der Waals surface area contributed by atoms with Gasteiger partial charge in [0, 0.05) is 23.0 Å². The number of alkyl halides is 1. The number of nitrogens with one attached hydrogen (secondary N) is 1. The van der Waals surface area contributed by atoms with Gasteiger partial charge in [-0.15, -0.1) is 18.2 Å². The second-order valence-corrected chi connectivity index (χ2v) is 7.54. The number of sulfone groups is 1. The average Bonchev–Trinajstić information content (AvgIpc) is 3.05. The van der Waals surface area contributed by atoms with Gasteiger partial charge < -0.3 is 9.72 Å². The molecule has 0 fully saturated rings. The summed E-state index contributed by atoms with van der Waals surface area (Å²) in [6.45, 7) is 3.45. The predicted octanol–water partition coefficient (Wildman–Crippen LogP) is 4.56. The first kappa shape index (κ1) is 19.1. The van der Waals surface area contributed by atoms with Crippen LogP contribution >= 0.6 is 11.6 Å². The monoisotopic (exact) mass is 377 g/mol. The van der Waals surface area contributed by atoms with Crippen LogP contribution in [0.25, 0.3) is 10.9 Å². The van der Waals surface area contributed by atoms with Gasteiger partial charge in [0.1, 0.15) is 5.75 Å². The Morgan fingerprint density at radius 2 is 1.92 bits per heavy atom. The Labute approximate surface area is 153 Å². The highest BCUT2D eigenvalue weighted by molar-refractivity contribution is 7.91. The van der Waals surface area contributed by atoms with Crippen LogP contribution < -0.4 is 4.74 Å². The number of fused-ring (bicyclic) bond motifs is 1. The van der Waals surface area contributed by atoms with E-state index in [0.717, 1.165) is 22.2 Å². The van der Waals surface area contributed by atoms with Gasteiger partial charge in [-0.3, -0.25) is 0 Å². The van der Waals surface area contributed by atoms with Crippen LogP contribution in [0.1, 0.15) is 5.56 Å². The number of aromatic nitrogens is 1. The number of H-pyrrole nitrogens is 1. The number of hydrogen-bond acceptors (Lipinski definition) is 3. The van der Waals surface area contributed by atoms with Crippen molar-refractivity contribution in [3.05, 3.63) is 72.9 Å². The molecule has 0 aliphatic rings. The summed E-state index contributed by atoms with van der Waals surface area (Å²) < 4.78 is 28.7. The minimum atomic E-state index is -3.28. The molecule has 0 amide bonds. The zero-order valence-corrected chi connectivity index (χ0v) is 15.5. The van der Waals surface area contributed by atoms with Gasteiger partial charge in [0.05, 0.1) is 17.8 Å². The van der Waals surface area contributed by atoms with Crippen molar-refractivity contribution >= 4 is 32.3 Å². The number of hydrogen-bond donors (Lipinski definition) is 1. The van der Waals surface area contributed by atoms with Gasteiger partial charge in [0.25, 0.3) is 0 Å². The number of ether oxygens (including phenoxy) is 1. The van der Waals surface area contributed by atoms with E-state index in [0.29, 0.717) is 10.8 Å². The Bertz CT molecular complexity index is 934. The molecule has 1 heterocycles. The Morgan fingerprint density at radius 3 is 2.48 bits per heavy atom.